The van der Waals surface area contributed by atoms with Gasteiger partial charge in [0.15, 0.2) is 5.78 Å². The third-order valence-corrected chi connectivity index (χ3v) is 5.63. The number of fused-ring (bicyclic) bond motifs is 2. The van der Waals surface area contributed by atoms with Crippen LogP contribution in [-0.2, 0) is 0 Å². The maximum atomic E-state index is 13.1. The summed E-state index contributed by atoms with van der Waals surface area (Å²) in [5, 5.41) is 0. The Bertz CT molecular complexity index is 526. The van der Waals surface area contributed by atoms with Crippen molar-refractivity contribution in [1.29, 1.82) is 0 Å². The maximum absolute atomic E-state index is 13.1. The number of aryl methyl sites for hydroxylation is 3. The summed E-state index contributed by atoms with van der Waals surface area (Å²) in [6, 6.07) is 5.54. The maximum Gasteiger partial charge on any atom is 0.166 e. The van der Waals surface area contributed by atoms with E-state index in [0.29, 0.717) is 17.9 Å². The van der Waals surface area contributed by atoms with E-state index in [0.717, 1.165) is 29.5 Å². The zero-order valence-electron chi connectivity index (χ0n) is 13.8. The predicted octanol–water partition coefficient (Wildman–Crippen LogP) is 4.06. The number of hydrogen-bond donors (Lipinski definition) is 0. The molecule has 2 atom stereocenters. The first kappa shape index (κ1) is 14.8. The zero-order valence-corrected chi connectivity index (χ0v) is 13.8. The predicted molar refractivity (Wildman–Crippen MR) is 86.9 cm³/mol. The molecule has 114 valence electrons. The van der Waals surface area contributed by atoms with Gasteiger partial charge < -0.3 is 4.90 Å². The number of Topliss-reactive ketones (excluding diaryl/α,β-unsaturated/α-hetero) is 1. The fraction of sp³-hybridized carbons (Fsp3) is 0.632. The summed E-state index contributed by atoms with van der Waals surface area (Å²) in [7, 11) is 2.25. The topological polar surface area (TPSA) is 20.3 Å². The van der Waals surface area contributed by atoms with E-state index >= 15 is 0 Å². The van der Waals surface area contributed by atoms with Crippen molar-refractivity contribution in [2.24, 2.45) is 5.92 Å². The largest absolute Gasteiger partial charge is 0.300 e. The summed E-state index contributed by atoms with van der Waals surface area (Å²) in [5.74, 6) is 0.631. The van der Waals surface area contributed by atoms with Gasteiger partial charge in [-0.2, -0.15) is 0 Å². The molecule has 1 aromatic rings. The van der Waals surface area contributed by atoms with Crippen LogP contribution < -0.4 is 0 Å². The molecule has 0 aromatic heterocycles. The molecule has 2 heteroatoms. The van der Waals surface area contributed by atoms with Crippen molar-refractivity contribution in [3.8, 4) is 0 Å². The third kappa shape index (κ3) is 2.66. The lowest BCUT2D eigenvalue weighted by molar-refractivity contribution is 0.0338. The fourth-order valence-electron chi connectivity index (χ4n) is 4.60. The summed E-state index contributed by atoms with van der Waals surface area (Å²) in [6.07, 6.45) is 5.98. The van der Waals surface area contributed by atoms with Gasteiger partial charge in [0.25, 0.3) is 0 Å². The van der Waals surface area contributed by atoms with Crippen molar-refractivity contribution in [1.82, 2.24) is 4.90 Å². The van der Waals surface area contributed by atoms with Crippen LogP contribution in [0.15, 0.2) is 12.1 Å². The summed E-state index contributed by atoms with van der Waals surface area (Å²) in [4.78, 5) is 15.6. The minimum atomic E-state index is 0.233. The Balaban J connectivity index is 1.86. The molecule has 0 radical (unpaired) electrons. The molecular weight excluding hydrogens is 258 g/mol. The second-order valence-electron chi connectivity index (χ2n) is 7.21. The molecule has 0 amide bonds. The molecule has 21 heavy (non-hydrogen) atoms. The Morgan fingerprint density at radius 2 is 1.57 bits per heavy atom. The molecule has 0 N–H and O–H groups in total. The zero-order chi connectivity index (χ0) is 15.1. The van der Waals surface area contributed by atoms with E-state index in [1.54, 1.807) is 0 Å². The Morgan fingerprint density at radius 3 is 2.10 bits per heavy atom. The van der Waals surface area contributed by atoms with Gasteiger partial charge in [-0.05, 0) is 64.6 Å². The normalized spacial score (nSPS) is 29.4. The molecule has 1 aromatic carbocycles. The number of nitrogens with zero attached hydrogens (tertiary/aromatic N) is 1. The number of benzene rings is 1. The summed E-state index contributed by atoms with van der Waals surface area (Å²) >= 11 is 0. The highest BCUT2D eigenvalue weighted by molar-refractivity contribution is 6.00. The van der Waals surface area contributed by atoms with Crippen molar-refractivity contribution >= 4 is 5.78 Å². The highest BCUT2D eigenvalue weighted by atomic mass is 16.1. The minimum Gasteiger partial charge on any atom is -0.300 e. The standard InChI is InChI=1S/C19H27NO/c1-12-8-13(2)18(14(3)9-12)19(21)15-10-16-6-5-7-17(11-15)20(16)4/h8-9,15-17H,5-7,10-11H2,1-4H3. The van der Waals surface area contributed by atoms with E-state index < -0.39 is 0 Å². The molecule has 2 bridgehead atoms. The van der Waals surface area contributed by atoms with Gasteiger partial charge in [-0.25, -0.2) is 0 Å². The molecule has 2 aliphatic heterocycles. The van der Waals surface area contributed by atoms with E-state index in [1.807, 2.05) is 0 Å². The van der Waals surface area contributed by atoms with Crippen LogP contribution in [0.5, 0.6) is 0 Å². The molecule has 0 spiro atoms. The summed E-state index contributed by atoms with van der Waals surface area (Å²) in [5.41, 5.74) is 4.55. The lowest BCUT2D eigenvalue weighted by Gasteiger charge is -2.46. The van der Waals surface area contributed by atoms with Crippen molar-refractivity contribution in [3.63, 3.8) is 0 Å². The number of carbonyl (C=O) groups is 1. The van der Waals surface area contributed by atoms with E-state index in [1.165, 1.54) is 24.8 Å². The number of piperidine rings is 2. The average Bonchev–Trinajstić information content (AvgIpc) is 2.36. The van der Waals surface area contributed by atoms with Gasteiger partial charge in [0.1, 0.15) is 0 Å². The molecule has 3 rings (SSSR count). The van der Waals surface area contributed by atoms with Crippen LogP contribution >= 0.6 is 0 Å². The lowest BCUT2D eigenvalue weighted by atomic mass is 9.75. The summed E-state index contributed by atoms with van der Waals surface area (Å²) in [6.45, 7) is 6.28. The molecule has 2 nitrogen and oxygen atoms in total. The van der Waals surface area contributed by atoms with Crippen LogP contribution in [0.25, 0.3) is 0 Å². The number of rotatable bonds is 2. The van der Waals surface area contributed by atoms with Gasteiger partial charge in [-0.3, -0.25) is 4.79 Å². The quantitative estimate of drug-likeness (QED) is 0.764. The second kappa shape index (κ2) is 5.57. The lowest BCUT2D eigenvalue weighted by Crippen LogP contribution is -2.51. The number of ketones is 1. The molecule has 2 aliphatic rings. The minimum absolute atomic E-state index is 0.233. The monoisotopic (exact) mass is 285 g/mol. The number of carbonyl (C=O) groups excluding carboxylic acids is 1. The highest BCUT2D eigenvalue weighted by Gasteiger charge is 2.39. The van der Waals surface area contributed by atoms with Gasteiger partial charge in [-0.1, -0.05) is 24.1 Å². The second-order valence-corrected chi connectivity index (χ2v) is 7.21. The number of hydrogen-bond acceptors (Lipinski definition) is 2. The van der Waals surface area contributed by atoms with Gasteiger partial charge in [0.2, 0.25) is 0 Å². The van der Waals surface area contributed by atoms with E-state index in [2.05, 4.69) is 44.9 Å². The van der Waals surface area contributed by atoms with Crippen molar-refractivity contribution in [2.75, 3.05) is 7.05 Å². The smallest absolute Gasteiger partial charge is 0.166 e. The van der Waals surface area contributed by atoms with E-state index in [-0.39, 0.29) is 5.92 Å². The van der Waals surface area contributed by atoms with Crippen LogP contribution in [-0.4, -0.2) is 29.8 Å². The summed E-state index contributed by atoms with van der Waals surface area (Å²) < 4.78 is 0. The molecule has 2 saturated heterocycles. The van der Waals surface area contributed by atoms with Crippen LogP contribution in [0, 0.1) is 26.7 Å². The molecule has 2 unspecified atom stereocenters. The average molecular weight is 285 g/mol. The van der Waals surface area contributed by atoms with E-state index in [9.17, 15) is 4.79 Å². The van der Waals surface area contributed by atoms with Crippen molar-refractivity contribution in [3.05, 3.63) is 34.4 Å². The first-order valence-corrected chi connectivity index (χ1v) is 8.31. The van der Waals surface area contributed by atoms with E-state index in [4.69, 9.17) is 0 Å². The van der Waals surface area contributed by atoms with Crippen molar-refractivity contribution in [2.45, 2.75) is 65.0 Å². The Labute approximate surface area is 128 Å². The molecule has 2 heterocycles. The molecule has 0 aliphatic carbocycles. The fourth-order valence-corrected chi connectivity index (χ4v) is 4.60. The van der Waals surface area contributed by atoms with Gasteiger partial charge >= 0.3 is 0 Å². The highest BCUT2D eigenvalue weighted by Crippen LogP contribution is 2.37. The molecule has 2 fully saturated rings. The van der Waals surface area contributed by atoms with Crippen LogP contribution in [0.2, 0.25) is 0 Å². The third-order valence-electron chi connectivity index (χ3n) is 5.63. The Hall–Kier alpha value is -1.15. The van der Waals surface area contributed by atoms with Crippen LogP contribution in [0.1, 0.15) is 59.2 Å². The van der Waals surface area contributed by atoms with Crippen molar-refractivity contribution < 1.29 is 4.79 Å². The van der Waals surface area contributed by atoms with Gasteiger partial charge in [-0.15, -0.1) is 0 Å². The first-order valence-electron chi connectivity index (χ1n) is 8.31. The molecular formula is C19H27NO. The van der Waals surface area contributed by atoms with Crippen LogP contribution in [0.4, 0.5) is 0 Å². The SMILES string of the molecule is Cc1cc(C)c(C(=O)C2CC3CCCC(C2)N3C)c(C)c1. The van der Waals surface area contributed by atoms with Gasteiger partial charge in [0, 0.05) is 23.6 Å². The van der Waals surface area contributed by atoms with Gasteiger partial charge in [0.05, 0.1) is 0 Å². The van der Waals surface area contributed by atoms with Crippen LogP contribution in [0.3, 0.4) is 0 Å². The Kier molecular flexibility index (Phi) is 3.92. The molecule has 0 saturated carbocycles. The Morgan fingerprint density at radius 1 is 1.05 bits per heavy atom. The first-order chi connectivity index (χ1) is 9.97.